The smallest absolute Gasteiger partial charge is 0.306 e. The fourth-order valence-corrected chi connectivity index (χ4v) is 3.37. The van der Waals surface area contributed by atoms with Crippen LogP contribution in [0.25, 0.3) is 0 Å². The Morgan fingerprint density at radius 3 is 1.83 bits per heavy atom. The number of amides is 1. The monoisotopic (exact) mass is 519 g/mol. The molecule has 0 aliphatic heterocycles. The van der Waals surface area contributed by atoms with Gasteiger partial charge >= 0.3 is 17.9 Å². The number of hydrogen-bond acceptors (Lipinski definition) is 9. The normalized spacial score (nSPS) is 12.5. The molecule has 1 amide bonds. The third kappa shape index (κ3) is 15.9. The van der Waals surface area contributed by atoms with Gasteiger partial charge in [-0.25, -0.2) is 0 Å². The molecule has 206 valence electrons. The lowest BCUT2D eigenvalue weighted by molar-refractivity contribution is -0.146. The maximum absolute atomic E-state index is 12.8. The molecule has 0 heterocycles. The number of carbonyl (C=O) groups is 6. The second-order valence-electron chi connectivity index (χ2n) is 8.34. The van der Waals surface area contributed by atoms with E-state index in [0.29, 0.717) is 6.42 Å². The molecule has 0 aliphatic rings. The molecular weight excluding hydrogens is 482 g/mol. The fourth-order valence-electron chi connectivity index (χ4n) is 3.37. The van der Waals surface area contributed by atoms with E-state index in [1.165, 1.54) is 4.90 Å². The van der Waals surface area contributed by atoms with Gasteiger partial charge in [0.05, 0.1) is 19.1 Å². The number of carbonyl (C=O) groups excluding carboxylic acids is 3. The van der Waals surface area contributed by atoms with Gasteiger partial charge < -0.3 is 35.2 Å². The molecule has 13 nitrogen and oxygen atoms in total. The van der Waals surface area contributed by atoms with Crippen molar-refractivity contribution in [1.82, 2.24) is 4.90 Å². The molecule has 0 fully saturated rings. The Hall–Kier alpha value is -2.90. The summed E-state index contributed by atoms with van der Waals surface area (Å²) in [6, 6.07) is 0. The van der Waals surface area contributed by atoms with Crippen LogP contribution in [0.1, 0.15) is 57.8 Å². The van der Waals surface area contributed by atoms with Crippen molar-refractivity contribution in [3.8, 4) is 0 Å². The van der Waals surface area contributed by atoms with E-state index in [-0.39, 0.29) is 65.2 Å². The van der Waals surface area contributed by atoms with Gasteiger partial charge in [-0.05, 0) is 25.7 Å². The topological polar surface area (TPSA) is 216 Å². The quantitative estimate of drug-likeness (QED) is 0.112. The van der Waals surface area contributed by atoms with Gasteiger partial charge in [0, 0.05) is 64.4 Å². The molecule has 2 unspecified atom stereocenters. The van der Waals surface area contributed by atoms with Crippen LogP contribution in [-0.4, -0.2) is 105 Å². The van der Waals surface area contributed by atoms with Crippen molar-refractivity contribution in [3.05, 3.63) is 0 Å². The Morgan fingerprint density at radius 1 is 0.722 bits per heavy atom. The van der Waals surface area contributed by atoms with Crippen molar-refractivity contribution in [2.24, 2.45) is 11.8 Å². The average Bonchev–Trinajstić information content (AvgIpc) is 2.81. The number of carboxylic acid groups (broad SMARTS) is 3. The Morgan fingerprint density at radius 2 is 1.31 bits per heavy atom. The predicted octanol–water partition coefficient (Wildman–Crippen LogP) is -0.0485. The first-order valence-electron chi connectivity index (χ1n) is 11.8. The van der Waals surface area contributed by atoms with Crippen LogP contribution in [0.5, 0.6) is 0 Å². The van der Waals surface area contributed by atoms with E-state index in [1.807, 2.05) is 0 Å². The molecule has 36 heavy (non-hydrogen) atoms. The van der Waals surface area contributed by atoms with Gasteiger partial charge in [-0.1, -0.05) is 0 Å². The zero-order chi connectivity index (χ0) is 27.5. The van der Waals surface area contributed by atoms with E-state index in [2.05, 4.69) is 0 Å². The Labute approximate surface area is 209 Å². The Bertz CT molecular complexity index is 739. The Balaban J connectivity index is 5.31. The van der Waals surface area contributed by atoms with Crippen LogP contribution in [0.15, 0.2) is 0 Å². The van der Waals surface area contributed by atoms with Gasteiger partial charge in [0.15, 0.2) is 5.78 Å². The SMILES string of the molecule is O=C(O)CCC(CC(=O)C(CCC(=O)O)CC(=O)CN(CCOCCCO)C(=O)CCCO)C(=O)O. The lowest BCUT2D eigenvalue weighted by Crippen LogP contribution is -2.39. The number of Topliss-reactive ketones (excluding diaryl/α,β-unsaturated/α-hetero) is 2. The highest BCUT2D eigenvalue weighted by Gasteiger charge is 2.29. The molecule has 5 N–H and O–H groups in total. The number of aliphatic hydroxyl groups is 2. The molecule has 0 spiro atoms. The van der Waals surface area contributed by atoms with E-state index in [0.717, 1.165) is 0 Å². The van der Waals surface area contributed by atoms with E-state index in [4.69, 9.17) is 25.2 Å². The minimum absolute atomic E-state index is 0.0222. The molecule has 0 aromatic carbocycles. The van der Waals surface area contributed by atoms with Crippen molar-refractivity contribution in [2.45, 2.75) is 57.8 Å². The Kier molecular flexibility index (Phi) is 17.8. The summed E-state index contributed by atoms with van der Waals surface area (Å²) in [4.78, 5) is 72.4. The van der Waals surface area contributed by atoms with Crippen LogP contribution in [0, 0.1) is 11.8 Å². The number of ketones is 2. The van der Waals surface area contributed by atoms with Crippen molar-refractivity contribution < 1.29 is 59.0 Å². The summed E-state index contributed by atoms with van der Waals surface area (Å²) in [5.41, 5.74) is 0. The lowest BCUT2D eigenvalue weighted by atomic mass is 9.86. The van der Waals surface area contributed by atoms with Gasteiger partial charge in [0.1, 0.15) is 5.78 Å². The summed E-state index contributed by atoms with van der Waals surface area (Å²) in [7, 11) is 0. The second kappa shape index (κ2) is 19.3. The molecular formula is C23H37NO12. The van der Waals surface area contributed by atoms with Gasteiger partial charge in [0.25, 0.3) is 0 Å². The minimum Gasteiger partial charge on any atom is -0.481 e. The minimum atomic E-state index is -1.37. The molecule has 0 radical (unpaired) electrons. The molecule has 2 atom stereocenters. The maximum Gasteiger partial charge on any atom is 0.306 e. The predicted molar refractivity (Wildman–Crippen MR) is 123 cm³/mol. The van der Waals surface area contributed by atoms with Crippen LogP contribution in [0.3, 0.4) is 0 Å². The molecule has 0 saturated carbocycles. The molecule has 0 bridgehead atoms. The molecule has 0 saturated heterocycles. The van der Waals surface area contributed by atoms with Crippen LogP contribution in [0.2, 0.25) is 0 Å². The average molecular weight is 520 g/mol. The molecule has 13 heteroatoms. The van der Waals surface area contributed by atoms with Crippen molar-refractivity contribution in [2.75, 3.05) is 39.5 Å². The summed E-state index contributed by atoms with van der Waals surface area (Å²) in [6.45, 7) is -0.288. The zero-order valence-corrected chi connectivity index (χ0v) is 20.3. The van der Waals surface area contributed by atoms with E-state index in [1.54, 1.807) is 0 Å². The van der Waals surface area contributed by atoms with Crippen LogP contribution < -0.4 is 0 Å². The van der Waals surface area contributed by atoms with Crippen molar-refractivity contribution in [3.63, 3.8) is 0 Å². The van der Waals surface area contributed by atoms with Crippen molar-refractivity contribution in [1.29, 1.82) is 0 Å². The highest BCUT2D eigenvalue weighted by atomic mass is 16.5. The first kappa shape index (κ1) is 33.1. The van der Waals surface area contributed by atoms with Crippen LogP contribution >= 0.6 is 0 Å². The number of nitrogens with zero attached hydrogens (tertiary/aromatic N) is 1. The maximum atomic E-state index is 12.8. The number of rotatable bonds is 23. The number of carboxylic acids is 3. The summed E-state index contributed by atoms with van der Waals surface area (Å²) in [5.74, 6) is -7.80. The zero-order valence-electron chi connectivity index (χ0n) is 20.3. The summed E-state index contributed by atoms with van der Waals surface area (Å²) in [5, 5.41) is 44.8. The van der Waals surface area contributed by atoms with E-state index in [9.17, 15) is 33.9 Å². The van der Waals surface area contributed by atoms with E-state index < -0.39 is 72.9 Å². The van der Waals surface area contributed by atoms with Gasteiger partial charge in [-0.3, -0.25) is 28.8 Å². The highest BCUT2D eigenvalue weighted by Crippen LogP contribution is 2.21. The van der Waals surface area contributed by atoms with Gasteiger partial charge in [-0.2, -0.15) is 0 Å². The van der Waals surface area contributed by atoms with Crippen LogP contribution in [-0.2, 0) is 33.5 Å². The number of aliphatic carboxylic acids is 3. The molecule has 0 aromatic rings. The first-order chi connectivity index (χ1) is 17.0. The molecule has 0 aromatic heterocycles. The number of aliphatic hydroxyl groups excluding tert-OH is 2. The largest absolute Gasteiger partial charge is 0.481 e. The summed E-state index contributed by atoms with van der Waals surface area (Å²) >= 11 is 0. The number of ether oxygens (including phenoxy) is 1. The fraction of sp³-hybridized carbons (Fsp3) is 0.739. The summed E-state index contributed by atoms with van der Waals surface area (Å²) in [6.07, 6.45) is -1.80. The van der Waals surface area contributed by atoms with Crippen molar-refractivity contribution >= 4 is 35.4 Å². The molecule has 0 rings (SSSR count). The highest BCUT2D eigenvalue weighted by molar-refractivity contribution is 5.92. The van der Waals surface area contributed by atoms with E-state index >= 15 is 0 Å². The summed E-state index contributed by atoms with van der Waals surface area (Å²) < 4.78 is 5.30. The molecule has 0 aliphatic carbocycles. The number of hydrogen-bond donors (Lipinski definition) is 5. The second-order valence-corrected chi connectivity index (χ2v) is 8.34. The van der Waals surface area contributed by atoms with Gasteiger partial charge in [0.2, 0.25) is 5.91 Å². The lowest BCUT2D eigenvalue weighted by Gasteiger charge is -2.23. The van der Waals surface area contributed by atoms with Gasteiger partial charge in [-0.15, -0.1) is 0 Å². The first-order valence-corrected chi connectivity index (χ1v) is 11.8. The third-order valence-electron chi connectivity index (χ3n) is 5.36. The standard InChI is InChI=1S/C23H37NO12/c25-9-1-3-20(29)24(8-12-36-11-2-10-26)15-18(27)13-16(4-6-21(30)31)19(28)14-17(23(34)35)5-7-22(32)33/h16-17,25-26H,1-15H2,(H,30,31)(H,32,33)(H,34,35). The van der Waals surface area contributed by atoms with Crippen LogP contribution in [0.4, 0.5) is 0 Å². The third-order valence-corrected chi connectivity index (χ3v) is 5.36.